The van der Waals surface area contributed by atoms with Gasteiger partial charge in [-0.1, -0.05) is 18.5 Å². The Kier molecular flexibility index (Phi) is 7.19. The number of hydrogen-bond donors (Lipinski definition) is 0. The van der Waals surface area contributed by atoms with E-state index < -0.39 is 0 Å². The van der Waals surface area contributed by atoms with Crippen LogP contribution in [0, 0.1) is 4.91 Å². The maximum atomic E-state index is 9.51. The fraction of sp³-hybridized carbons (Fsp3) is 1.00. The van der Waals surface area contributed by atoms with E-state index in [1.165, 1.54) is 0 Å². The Bertz CT molecular complexity index is 66.1. The Morgan fingerprint density at radius 3 is 2.78 bits per heavy atom. The molecule has 0 N–H and O–H groups in total. The maximum absolute atomic E-state index is 9.51. The predicted molar refractivity (Wildman–Crippen MR) is 36.4 cm³/mol. The van der Waals surface area contributed by atoms with Crippen LogP contribution < -0.4 is 0 Å². The minimum Gasteiger partial charge on any atom is -0.379 e. The molecular formula is C6H13NO2. The van der Waals surface area contributed by atoms with Gasteiger partial charge in [-0.15, -0.1) is 0 Å². The van der Waals surface area contributed by atoms with Crippen molar-refractivity contribution in [3.63, 3.8) is 0 Å². The highest BCUT2D eigenvalue weighted by Crippen LogP contribution is 1.86. The molecule has 3 heteroatoms. The number of hydrogen-bond acceptors (Lipinski definition) is 3. The van der Waals surface area contributed by atoms with Gasteiger partial charge in [0.15, 0.2) is 0 Å². The van der Waals surface area contributed by atoms with Gasteiger partial charge in [-0.3, -0.25) is 0 Å². The second-order valence-corrected chi connectivity index (χ2v) is 1.82. The molecule has 0 aromatic carbocycles. The van der Waals surface area contributed by atoms with E-state index in [4.69, 9.17) is 4.74 Å². The van der Waals surface area contributed by atoms with E-state index in [2.05, 4.69) is 12.1 Å². The van der Waals surface area contributed by atoms with Crippen molar-refractivity contribution in [1.29, 1.82) is 0 Å². The fourth-order valence-corrected chi connectivity index (χ4v) is 0.450. The van der Waals surface area contributed by atoms with Gasteiger partial charge in [-0.05, 0) is 6.42 Å². The van der Waals surface area contributed by atoms with Crippen molar-refractivity contribution in [2.75, 3.05) is 19.8 Å². The topological polar surface area (TPSA) is 38.7 Å². The molecular weight excluding hydrogens is 118 g/mol. The molecule has 0 saturated heterocycles. The molecule has 9 heavy (non-hydrogen) atoms. The van der Waals surface area contributed by atoms with E-state index >= 15 is 0 Å². The van der Waals surface area contributed by atoms with Crippen molar-refractivity contribution in [2.45, 2.75) is 19.8 Å². The summed E-state index contributed by atoms with van der Waals surface area (Å²) in [4.78, 5) is 9.51. The van der Waals surface area contributed by atoms with E-state index in [0.717, 1.165) is 19.4 Å². The molecule has 0 aromatic rings. The van der Waals surface area contributed by atoms with E-state index in [1.807, 2.05) is 0 Å². The van der Waals surface area contributed by atoms with Crippen LogP contribution in [0.2, 0.25) is 0 Å². The van der Waals surface area contributed by atoms with Gasteiger partial charge in [-0.2, -0.15) is 4.91 Å². The molecule has 3 nitrogen and oxygen atoms in total. The summed E-state index contributed by atoms with van der Waals surface area (Å²) >= 11 is 0. The monoisotopic (exact) mass is 131 g/mol. The van der Waals surface area contributed by atoms with Crippen LogP contribution in [0.4, 0.5) is 0 Å². The molecule has 0 spiro atoms. The molecule has 0 rings (SSSR count). The SMILES string of the molecule is CCCCOCCN=O. The number of nitroso groups, excluding NO2 is 1. The molecule has 0 fully saturated rings. The van der Waals surface area contributed by atoms with Crippen LogP contribution in [0.15, 0.2) is 5.18 Å². The van der Waals surface area contributed by atoms with Crippen LogP contribution in [0.25, 0.3) is 0 Å². The van der Waals surface area contributed by atoms with E-state index in [0.29, 0.717) is 6.61 Å². The summed E-state index contributed by atoms with van der Waals surface area (Å²) in [6, 6.07) is 0. The molecule has 0 aromatic heterocycles. The maximum Gasteiger partial charge on any atom is 0.104 e. The summed E-state index contributed by atoms with van der Waals surface area (Å²) in [5, 5.41) is 2.66. The summed E-state index contributed by atoms with van der Waals surface area (Å²) in [7, 11) is 0. The second kappa shape index (κ2) is 7.56. The molecule has 0 unspecified atom stereocenters. The van der Waals surface area contributed by atoms with Gasteiger partial charge in [0.25, 0.3) is 0 Å². The number of nitrogens with zero attached hydrogens (tertiary/aromatic N) is 1. The largest absolute Gasteiger partial charge is 0.379 e. The van der Waals surface area contributed by atoms with Crippen molar-refractivity contribution in [2.24, 2.45) is 5.18 Å². The van der Waals surface area contributed by atoms with Crippen molar-refractivity contribution in [1.82, 2.24) is 0 Å². The lowest BCUT2D eigenvalue weighted by molar-refractivity contribution is 0.138. The molecule has 0 aliphatic heterocycles. The summed E-state index contributed by atoms with van der Waals surface area (Å²) < 4.78 is 5.02. The van der Waals surface area contributed by atoms with E-state index in [9.17, 15) is 4.91 Å². The highest BCUT2D eigenvalue weighted by Gasteiger charge is 1.84. The summed E-state index contributed by atoms with van der Waals surface area (Å²) in [6.45, 7) is 3.61. The Hall–Kier alpha value is -0.440. The number of rotatable bonds is 6. The van der Waals surface area contributed by atoms with Crippen molar-refractivity contribution < 1.29 is 4.74 Å². The third kappa shape index (κ3) is 7.56. The minimum atomic E-state index is 0.281. The Balaban J connectivity index is 2.66. The van der Waals surface area contributed by atoms with Crippen LogP contribution in [0.3, 0.4) is 0 Å². The molecule has 0 saturated carbocycles. The quantitative estimate of drug-likeness (QED) is 0.405. The highest BCUT2D eigenvalue weighted by molar-refractivity contribution is 4.37. The van der Waals surface area contributed by atoms with Crippen LogP contribution in [-0.2, 0) is 4.74 Å². The zero-order valence-electron chi connectivity index (χ0n) is 5.80. The molecule has 0 bridgehead atoms. The first kappa shape index (κ1) is 8.56. The van der Waals surface area contributed by atoms with Gasteiger partial charge in [0.05, 0.1) is 6.61 Å². The standard InChI is InChI=1S/C6H13NO2/c1-2-3-5-9-6-4-7-8/h2-6H2,1H3. The van der Waals surface area contributed by atoms with Crippen LogP contribution in [-0.4, -0.2) is 19.8 Å². The summed E-state index contributed by atoms with van der Waals surface area (Å²) in [6.07, 6.45) is 2.20. The van der Waals surface area contributed by atoms with E-state index in [-0.39, 0.29) is 6.54 Å². The van der Waals surface area contributed by atoms with Gasteiger partial charge in [-0.25, -0.2) is 0 Å². The smallest absolute Gasteiger partial charge is 0.104 e. The molecule has 0 amide bonds. The Labute approximate surface area is 55.4 Å². The molecule has 0 aliphatic rings. The minimum absolute atomic E-state index is 0.281. The molecule has 0 atom stereocenters. The van der Waals surface area contributed by atoms with Crippen molar-refractivity contribution >= 4 is 0 Å². The molecule has 0 heterocycles. The lowest BCUT2D eigenvalue weighted by Gasteiger charge is -1.96. The van der Waals surface area contributed by atoms with E-state index in [1.54, 1.807) is 0 Å². The van der Waals surface area contributed by atoms with Crippen LogP contribution >= 0.6 is 0 Å². The first-order valence-electron chi connectivity index (χ1n) is 3.28. The third-order valence-electron chi connectivity index (χ3n) is 0.969. The summed E-state index contributed by atoms with van der Waals surface area (Å²) in [5.74, 6) is 0. The van der Waals surface area contributed by atoms with Crippen LogP contribution in [0.5, 0.6) is 0 Å². The van der Waals surface area contributed by atoms with Gasteiger partial charge >= 0.3 is 0 Å². The first-order valence-corrected chi connectivity index (χ1v) is 3.28. The molecule has 0 aliphatic carbocycles. The number of ether oxygens (including phenoxy) is 1. The lowest BCUT2D eigenvalue weighted by Crippen LogP contribution is -1.98. The second-order valence-electron chi connectivity index (χ2n) is 1.82. The Morgan fingerprint density at radius 1 is 1.44 bits per heavy atom. The zero-order valence-corrected chi connectivity index (χ0v) is 5.80. The van der Waals surface area contributed by atoms with Crippen molar-refractivity contribution in [3.8, 4) is 0 Å². The fourth-order valence-electron chi connectivity index (χ4n) is 0.450. The highest BCUT2D eigenvalue weighted by atomic mass is 16.5. The molecule has 54 valence electrons. The van der Waals surface area contributed by atoms with Gasteiger partial charge in [0.1, 0.15) is 6.54 Å². The normalized spacial score (nSPS) is 9.44. The first-order chi connectivity index (χ1) is 4.41. The van der Waals surface area contributed by atoms with Crippen molar-refractivity contribution in [3.05, 3.63) is 4.91 Å². The van der Waals surface area contributed by atoms with Gasteiger partial charge in [0, 0.05) is 6.61 Å². The zero-order chi connectivity index (χ0) is 6.95. The predicted octanol–water partition coefficient (Wildman–Crippen LogP) is 1.57. The van der Waals surface area contributed by atoms with Gasteiger partial charge < -0.3 is 4.74 Å². The van der Waals surface area contributed by atoms with Crippen LogP contribution in [0.1, 0.15) is 19.8 Å². The third-order valence-corrected chi connectivity index (χ3v) is 0.969. The summed E-state index contributed by atoms with van der Waals surface area (Å²) in [5.41, 5.74) is 0. The lowest BCUT2D eigenvalue weighted by atomic mass is 10.4. The van der Waals surface area contributed by atoms with Gasteiger partial charge in [0.2, 0.25) is 0 Å². The number of unbranched alkanes of at least 4 members (excludes halogenated alkanes) is 1. The molecule has 0 radical (unpaired) electrons. The average molecular weight is 131 g/mol. The Morgan fingerprint density at radius 2 is 2.22 bits per heavy atom. The average Bonchev–Trinajstić information content (AvgIpc) is 1.89.